The van der Waals surface area contributed by atoms with Crippen molar-refractivity contribution in [1.82, 2.24) is 0 Å². The maximum Gasteiger partial charge on any atom is 0.509 e. The molecule has 1 aromatic carbocycles. The van der Waals surface area contributed by atoms with Crippen LogP contribution in [0.1, 0.15) is 17.3 Å². The van der Waals surface area contributed by atoms with Gasteiger partial charge in [0.25, 0.3) is 0 Å². The molecule has 2 nitrogen and oxygen atoms in total. The molecule has 1 rings (SSSR count). The number of halogens is 3. The molecular weight excluding hydrogens is 208 g/mol. The van der Waals surface area contributed by atoms with Gasteiger partial charge in [0.05, 0.1) is 12.2 Å². The quantitative estimate of drug-likeness (QED) is 0.571. The molecule has 0 atom stereocenters. The lowest BCUT2D eigenvalue weighted by Gasteiger charge is -2.14. The Kier molecular flexibility index (Phi) is 3.39. The normalized spacial score (nSPS) is 11.2. The van der Waals surface area contributed by atoms with Gasteiger partial charge in [0.2, 0.25) is 0 Å². The molecule has 1 aromatic rings. The van der Waals surface area contributed by atoms with Crippen LogP contribution in [0.25, 0.3) is 0 Å². The third-order valence-electron chi connectivity index (χ3n) is 1.80. The molecule has 0 saturated heterocycles. The number of benzene rings is 1. The standard InChI is InChI=1S/C9H9BF3O2/c1-2-15-9(14)7-3-5-8(6-4-7)10(11,12)13/h3-6H,2H2,1H3/q-1. The van der Waals surface area contributed by atoms with E-state index in [1.54, 1.807) is 6.92 Å². The highest BCUT2D eigenvalue weighted by molar-refractivity contribution is 6.73. The molecule has 0 amide bonds. The van der Waals surface area contributed by atoms with Gasteiger partial charge in [-0.05, 0) is 6.92 Å². The van der Waals surface area contributed by atoms with Crippen molar-refractivity contribution in [1.29, 1.82) is 0 Å². The summed E-state index contributed by atoms with van der Waals surface area (Å²) in [5, 5.41) is 0. The molecular formula is C9H9BF3O2-. The fourth-order valence-electron chi connectivity index (χ4n) is 1.05. The average Bonchev–Trinajstić information content (AvgIpc) is 2.17. The molecule has 0 aliphatic rings. The lowest BCUT2D eigenvalue weighted by atomic mass is 9.80. The number of esters is 1. The summed E-state index contributed by atoms with van der Waals surface area (Å²) in [4.78, 5) is 11.1. The van der Waals surface area contributed by atoms with E-state index in [0.29, 0.717) is 0 Å². The van der Waals surface area contributed by atoms with E-state index in [1.165, 1.54) is 0 Å². The summed E-state index contributed by atoms with van der Waals surface area (Å²) >= 11 is 0. The van der Waals surface area contributed by atoms with Gasteiger partial charge in [-0.25, -0.2) is 4.79 Å². The topological polar surface area (TPSA) is 26.3 Å². The maximum atomic E-state index is 12.2. The Morgan fingerprint density at radius 3 is 2.20 bits per heavy atom. The molecule has 82 valence electrons. The first-order valence-corrected chi connectivity index (χ1v) is 4.42. The molecule has 0 radical (unpaired) electrons. The van der Waals surface area contributed by atoms with Gasteiger partial charge in [0, 0.05) is 0 Å². The van der Waals surface area contributed by atoms with Gasteiger partial charge < -0.3 is 17.7 Å². The summed E-state index contributed by atoms with van der Waals surface area (Å²) in [6.07, 6.45) is 0. The van der Waals surface area contributed by atoms with Gasteiger partial charge in [-0.2, -0.15) is 0 Å². The smallest absolute Gasteiger partial charge is 0.462 e. The summed E-state index contributed by atoms with van der Waals surface area (Å²) in [5.74, 6) is -0.612. The summed E-state index contributed by atoms with van der Waals surface area (Å²) in [6, 6.07) is 3.99. The van der Waals surface area contributed by atoms with Crippen LogP contribution in [0.3, 0.4) is 0 Å². The second-order valence-electron chi connectivity index (χ2n) is 2.92. The number of hydrogen-bond acceptors (Lipinski definition) is 2. The molecule has 0 bridgehead atoms. The van der Waals surface area contributed by atoms with E-state index < -0.39 is 18.4 Å². The minimum Gasteiger partial charge on any atom is -0.462 e. The zero-order valence-corrected chi connectivity index (χ0v) is 8.04. The Morgan fingerprint density at radius 1 is 1.27 bits per heavy atom. The highest BCUT2D eigenvalue weighted by atomic mass is 19.4. The average molecular weight is 217 g/mol. The lowest BCUT2D eigenvalue weighted by molar-refractivity contribution is 0.0526. The van der Waals surface area contributed by atoms with Crippen molar-refractivity contribution in [3.05, 3.63) is 29.8 Å². The fraction of sp³-hybridized carbons (Fsp3) is 0.222. The van der Waals surface area contributed by atoms with Gasteiger partial charge in [-0.1, -0.05) is 24.3 Å². The first-order valence-electron chi connectivity index (χ1n) is 4.42. The Hall–Kier alpha value is -1.46. The number of ether oxygens (including phenoxy) is 1. The lowest BCUT2D eigenvalue weighted by Crippen LogP contribution is -2.33. The zero-order valence-electron chi connectivity index (χ0n) is 8.04. The molecule has 15 heavy (non-hydrogen) atoms. The molecule has 0 spiro atoms. The minimum atomic E-state index is -5.00. The Labute approximate surface area is 85.1 Å². The predicted molar refractivity (Wildman–Crippen MR) is 51.1 cm³/mol. The molecule has 0 aromatic heterocycles. The zero-order chi connectivity index (χ0) is 11.5. The first-order chi connectivity index (χ1) is 6.95. The third kappa shape index (κ3) is 3.01. The molecule has 0 N–H and O–H groups in total. The first kappa shape index (κ1) is 11.6. The minimum absolute atomic E-state index is 0.126. The van der Waals surface area contributed by atoms with E-state index in [-0.39, 0.29) is 12.2 Å². The van der Waals surface area contributed by atoms with Crippen molar-refractivity contribution >= 4 is 18.4 Å². The van der Waals surface area contributed by atoms with Crippen molar-refractivity contribution in [3.63, 3.8) is 0 Å². The van der Waals surface area contributed by atoms with Crippen LogP contribution in [0.2, 0.25) is 0 Å². The summed E-state index contributed by atoms with van der Waals surface area (Å²) in [5.41, 5.74) is -0.594. The second-order valence-corrected chi connectivity index (χ2v) is 2.92. The second kappa shape index (κ2) is 4.38. The number of hydrogen-bond donors (Lipinski definition) is 0. The molecule has 0 aliphatic heterocycles. The van der Waals surface area contributed by atoms with Crippen LogP contribution in [-0.4, -0.2) is 19.6 Å². The van der Waals surface area contributed by atoms with Crippen molar-refractivity contribution in [2.45, 2.75) is 6.92 Å². The highest BCUT2D eigenvalue weighted by Gasteiger charge is 2.25. The largest absolute Gasteiger partial charge is 0.509 e. The molecule has 0 heterocycles. The van der Waals surface area contributed by atoms with Crippen molar-refractivity contribution in [2.75, 3.05) is 6.61 Å². The highest BCUT2D eigenvalue weighted by Crippen LogP contribution is 2.10. The Bertz CT molecular complexity index is 345. The van der Waals surface area contributed by atoms with Crippen LogP contribution < -0.4 is 5.46 Å². The van der Waals surface area contributed by atoms with Gasteiger partial charge in [-0.15, -0.1) is 5.46 Å². The van der Waals surface area contributed by atoms with Crippen LogP contribution in [0.5, 0.6) is 0 Å². The number of carbonyl (C=O) groups is 1. The van der Waals surface area contributed by atoms with Gasteiger partial charge in [-0.3, -0.25) is 0 Å². The van der Waals surface area contributed by atoms with Crippen LogP contribution in [-0.2, 0) is 4.74 Å². The van der Waals surface area contributed by atoms with E-state index in [0.717, 1.165) is 24.3 Å². The van der Waals surface area contributed by atoms with Gasteiger partial charge in [0.1, 0.15) is 0 Å². The van der Waals surface area contributed by atoms with Crippen LogP contribution in [0, 0.1) is 0 Å². The van der Waals surface area contributed by atoms with E-state index in [4.69, 9.17) is 0 Å². The van der Waals surface area contributed by atoms with Gasteiger partial charge in [0.15, 0.2) is 0 Å². The predicted octanol–water partition coefficient (Wildman–Crippen LogP) is 1.92. The van der Waals surface area contributed by atoms with Crippen LogP contribution in [0.15, 0.2) is 24.3 Å². The SMILES string of the molecule is CCOC(=O)c1ccc([B-](F)(F)F)cc1. The van der Waals surface area contributed by atoms with Crippen molar-refractivity contribution in [2.24, 2.45) is 0 Å². The molecule has 0 saturated carbocycles. The Morgan fingerprint density at radius 2 is 1.80 bits per heavy atom. The van der Waals surface area contributed by atoms with E-state index in [2.05, 4.69) is 4.74 Å². The molecule has 0 unspecified atom stereocenters. The van der Waals surface area contributed by atoms with Crippen molar-refractivity contribution < 1.29 is 22.5 Å². The molecule has 6 heteroatoms. The van der Waals surface area contributed by atoms with E-state index in [9.17, 15) is 17.7 Å². The summed E-state index contributed by atoms with van der Waals surface area (Å²) in [7, 11) is 0. The monoisotopic (exact) mass is 217 g/mol. The maximum absolute atomic E-state index is 12.2. The summed E-state index contributed by atoms with van der Waals surface area (Å²) in [6.45, 7) is -3.17. The number of carbonyl (C=O) groups excluding carboxylic acids is 1. The Balaban J connectivity index is 2.86. The third-order valence-corrected chi connectivity index (χ3v) is 1.80. The summed E-state index contributed by atoms with van der Waals surface area (Å²) < 4.78 is 41.3. The fourth-order valence-corrected chi connectivity index (χ4v) is 1.05. The van der Waals surface area contributed by atoms with Crippen LogP contribution >= 0.6 is 0 Å². The van der Waals surface area contributed by atoms with Crippen molar-refractivity contribution in [3.8, 4) is 0 Å². The van der Waals surface area contributed by atoms with Gasteiger partial charge >= 0.3 is 12.9 Å². The van der Waals surface area contributed by atoms with E-state index >= 15 is 0 Å². The van der Waals surface area contributed by atoms with E-state index in [1.807, 2.05) is 0 Å². The molecule has 0 aliphatic carbocycles. The molecule has 0 fully saturated rings. The van der Waals surface area contributed by atoms with Crippen LogP contribution in [0.4, 0.5) is 12.9 Å². The number of rotatable bonds is 3.